The van der Waals surface area contributed by atoms with Gasteiger partial charge in [0.15, 0.2) is 0 Å². The summed E-state index contributed by atoms with van der Waals surface area (Å²) < 4.78 is 1.66. The summed E-state index contributed by atoms with van der Waals surface area (Å²) in [5.41, 5.74) is 0. The summed E-state index contributed by atoms with van der Waals surface area (Å²) in [5.74, 6) is 0.760. The van der Waals surface area contributed by atoms with Crippen molar-refractivity contribution in [3.8, 4) is 0 Å². The normalized spacial score (nSPS) is 22.8. The van der Waals surface area contributed by atoms with Crippen LogP contribution in [0.5, 0.6) is 0 Å². The third-order valence-electron chi connectivity index (χ3n) is 2.94. The minimum Gasteiger partial charge on any atom is -0.394 e. The Morgan fingerprint density at radius 2 is 2.27 bits per heavy atom. The number of aliphatic hydroxyl groups excluding tert-OH is 1. The van der Waals surface area contributed by atoms with E-state index in [9.17, 15) is 5.11 Å². The molecule has 1 aliphatic heterocycles. The fourth-order valence-corrected chi connectivity index (χ4v) is 2.10. The number of tetrazole rings is 1. The Bertz CT molecular complexity index is 313. The van der Waals surface area contributed by atoms with E-state index in [1.54, 1.807) is 4.68 Å². The standard InChI is InChI=1S/C9H17N5O/c1-13-9(10-11-12-13)14-6-4-2-3-5-8(14)7-15/h8,15H,2-7H2,1H3. The first-order valence-electron chi connectivity index (χ1n) is 5.43. The lowest BCUT2D eigenvalue weighted by Crippen LogP contribution is -2.39. The molecule has 1 saturated heterocycles. The van der Waals surface area contributed by atoms with Gasteiger partial charge in [-0.1, -0.05) is 17.9 Å². The van der Waals surface area contributed by atoms with Crippen molar-refractivity contribution >= 4 is 5.95 Å². The van der Waals surface area contributed by atoms with Crippen LogP contribution in [-0.2, 0) is 7.05 Å². The van der Waals surface area contributed by atoms with Crippen LogP contribution in [0.2, 0.25) is 0 Å². The quantitative estimate of drug-likeness (QED) is 0.743. The van der Waals surface area contributed by atoms with Crippen LogP contribution in [0.25, 0.3) is 0 Å². The molecular formula is C9H17N5O. The van der Waals surface area contributed by atoms with Crippen molar-refractivity contribution < 1.29 is 5.11 Å². The van der Waals surface area contributed by atoms with Crippen LogP contribution in [0.15, 0.2) is 0 Å². The highest BCUT2D eigenvalue weighted by Crippen LogP contribution is 2.20. The van der Waals surface area contributed by atoms with E-state index < -0.39 is 0 Å². The van der Waals surface area contributed by atoms with E-state index in [2.05, 4.69) is 20.4 Å². The second kappa shape index (κ2) is 4.57. The third-order valence-corrected chi connectivity index (χ3v) is 2.94. The summed E-state index contributed by atoms with van der Waals surface area (Å²) in [5, 5.41) is 20.8. The molecule has 1 aromatic rings. The Morgan fingerprint density at radius 1 is 1.40 bits per heavy atom. The summed E-state index contributed by atoms with van der Waals surface area (Å²) in [6.07, 6.45) is 4.55. The van der Waals surface area contributed by atoms with E-state index in [0.717, 1.165) is 25.3 Å². The van der Waals surface area contributed by atoms with Crippen molar-refractivity contribution in [1.82, 2.24) is 20.2 Å². The Hall–Kier alpha value is -1.17. The molecule has 84 valence electrons. The molecule has 1 aromatic heterocycles. The van der Waals surface area contributed by atoms with Gasteiger partial charge in [-0.2, -0.15) is 0 Å². The van der Waals surface area contributed by atoms with Gasteiger partial charge in [-0.3, -0.25) is 0 Å². The highest BCUT2D eigenvalue weighted by Gasteiger charge is 2.23. The predicted octanol–water partition coefficient (Wildman–Crippen LogP) is -0.0486. The highest BCUT2D eigenvalue weighted by atomic mass is 16.3. The van der Waals surface area contributed by atoms with Gasteiger partial charge < -0.3 is 10.0 Å². The molecule has 0 spiro atoms. The van der Waals surface area contributed by atoms with Crippen LogP contribution < -0.4 is 4.90 Å². The number of rotatable bonds is 2. The zero-order valence-electron chi connectivity index (χ0n) is 9.00. The maximum atomic E-state index is 9.36. The molecule has 1 aliphatic rings. The zero-order valence-corrected chi connectivity index (χ0v) is 9.00. The Balaban J connectivity index is 2.20. The average Bonchev–Trinajstić information content (AvgIpc) is 2.54. The molecule has 0 saturated carbocycles. The summed E-state index contributed by atoms with van der Waals surface area (Å²) in [6, 6.07) is 0.164. The maximum absolute atomic E-state index is 9.36. The van der Waals surface area contributed by atoms with Crippen molar-refractivity contribution in [2.45, 2.75) is 31.7 Å². The molecular weight excluding hydrogens is 194 g/mol. The SMILES string of the molecule is Cn1nnnc1N1CCCCCC1CO. The topological polar surface area (TPSA) is 67.1 Å². The lowest BCUT2D eigenvalue weighted by molar-refractivity contribution is 0.253. The van der Waals surface area contributed by atoms with Crippen molar-refractivity contribution in [1.29, 1.82) is 0 Å². The summed E-state index contributed by atoms with van der Waals surface area (Å²) >= 11 is 0. The van der Waals surface area contributed by atoms with Crippen molar-refractivity contribution in [2.24, 2.45) is 7.05 Å². The van der Waals surface area contributed by atoms with Gasteiger partial charge in [0, 0.05) is 13.6 Å². The Kier molecular flexibility index (Phi) is 3.15. The van der Waals surface area contributed by atoms with E-state index >= 15 is 0 Å². The fourth-order valence-electron chi connectivity index (χ4n) is 2.10. The number of nitrogens with zero attached hydrogens (tertiary/aromatic N) is 5. The van der Waals surface area contributed by atoms with Crippen molar-refractivity contribution in [2.75, 3.05) is 18.1 Å². The molecule has 2 rings (SSSR count). The molecule has 15 heavy (non-hydrogen) atoms. The molecule has 0 radical (unpaired) electrons. The third kappa shape index (κ3) is 2.09. The molecule has 1 unspecified atom stereocenters. The van der Waals surface area contributed by atoms with Crippen LogP contribution in [0.3, 0.4) is 0 Å². The molecule has 1 atom stereocenters. The smallest absolute Gasteiger partial charge is 0.245 e. The van der Waals surface area contributed by atoms with Crippen LogP contribution in [0, 0.1) is 0 Å². The molecule has 6 heteroatoms. The van der Waals surface area contributed by atoms with E-state index in [4.69, 9.17) is 0 Å². The van der Waals surface area contributed by atoms with Gasteiger partial charge in [-0.05, 0) is 23.3 Å². The average molecular weight is 211 g/mol. The first-order chi connectivity index (χ1) is 7.33. The minimum atomic E-state index is 0.164. The highest BCUT2D eigenvalue weighted by molar-refractivity contribution is 5.30. The summed E-state index contributed by atoms with van der Waals surface area (Å²) in [6.45, 7) is 1.10. The van der Waals surface area contributed by atoms with Crippen LogP contribution in [-0.4, -0.2) is 44.5 Å². The number of hydrogen-bond donors (Lipinski definition) is 1. The summed E-state index contributed by atoms with van der Waals surface area (Å²) in [4.78, 5) is 2.12. The second-order valence-electron chi connectivity index (χ2n) is 3.98. The monoisotopic (exact) mass is 211 g/mol. The summed E-state index contributed by atoms with van der Waals surface area (Å²) in [7, 11) is 1.83. The number of anilines is 1. The van der Waals surface area contributed by atoms with Gasteiger partial charge in [0.1, 0.15) is 0 Å². The minimum absolute atomic E-state index is 0.164. The van der Waals surface area contributed by atoms with Gasteiger partial charge in [0.05, 0.1) is 12.6 Å². The molecule has 1 fully saturated rings. The number of hydrogen-bond acceptors (Lipinski definition) is 5. The van der Waals surface area contributed by atoms with E-state index in [1.165, 1.54) is 12.8 Å². The molecule has 6 nitrogen and oxygen atoms in total. The molecule has 0 bridgehead atoms. The Morgan fingerprint density at radius 3 is 2.93 bits per heavy atom. The number of aliphatic hydroxyl groups is 1. The van der Waals surface area contributed by atoms with Gasteiger partial charge in [0.2, 0.25) is 5.95 Å². The molecule has 1 N–H and O–H groups in total. The predicted molar refractivity (Wildman–Crippen MR) is 55.5 cm³/mol. The van der Waals surface area contributed by atoms with E-state index in [-0.39, 0.29) is 12.6 Å². The number of aryl methyl sites for hydroxylation is 1. The Labute approximate surface area is 88.9 Å². The molecule has 0 aromatic carbocycles. The fraction of sp³-hybridized carbons (Fsp3) is 0.889. The lowest BCUT2D eigenvalue weighted by atomic mass is 10.1. The van der Waals surface area contributed by atoms with Crippen LogP contribution in [0.4, 0.5) is 5.95 Å². The van der Waals surface area contributed by atoms with Crippen molar-refractivity contribution in [3.63, 3.8) is 0 Å². The van der Waals surface area contributed by atoms with Gasteiger partial charge in [-0.15, -0.1) is 0 Å². The van der Waals surface area contributed by atoms with Crippen LogP contribution >= 0.6 is 0 Å². The van der Waals surface area contributed by atoms with E-state index in [0.29, 0.717) is 0 Å². The van der Waals surface area contributed by atoms with Gasteiger partial charge in [0.25, 0.3) is 0 Å². The van der Waals surface area contributed by atoms with Crippen molar-refractivity contribution in [3.05, 3.63) is 0 Å². The molecule has 0 amide bonds. The zero-order chi connectivity index (χ0) is 10.7. The second-order valence-corrected chi connectivity index (χ2v) is 3.98. The number of aromatic nitrogens is 4. The van der Waals surface area contributed by atoms with Crippen LogP contribution in [0.1, 0.15) is 25.7 Å². The molecule has 2 heterocycles. The first kappa shape index (κ1) is 10.4. The van der Waals surface area contributed by atoms with E-state index in [1.807, 2.05) is 7.05 Å². The van der Waals surface area contributed by atoms with Gasteiger partial charge >= 0.3 is 0 Å². The molecule has 0 aliphatic carbocycles. The first-order valence-corrected chi connectivity index (χ1v) is 5.43. The largest absolute Gasteiger partial charge is 0.394 e. The lowest BCUT2D eigenvalue weighted by Gasteiger charge is -2.28. The van der Waals surface area contributed by atoms with Gasteiger partial charge in [-0.25, -0.2) is 4.68 Å². The maximum Gasteiger partial charge on any atom is 0.245 e.